The van der Waals surface area contributed by atoms with Gasteiger partial charge >= 0.3 is 0 Å². The van der Waals surface area contributed by atoms with Crippen LogP contribution in [0, 0.1) is 5.41 Å². The normalized spacial score (nSPS) is 12.2. The molecule has 0 heteroatoms. The van der Waals surface area contributed by atoms with Crippen molar-refractivity contribution in [3.8, 4) is 0 Å². The van der Waals surface area contributed by atoms with Crippen LogP contribution in [-0.2, 0) is 0 Å². The van der Waals surface area contributed by atoms with E-state index in [0.717, 1.165) is 0 Å². The Hall–Kier alpha value is -1.04. The van der Waals surface area contributed by atoms with Gasteiger partial charge in [-0.3, -0.25) is 0 Å². The van der Waals surface area contributed by atoms with Crippen molar-refractivity contribution in [3.05, 3.63) is 42.0 Å². The van der Waals surface area contributed by atoms with E-state index in [1.165, 1.54) is 12.0 Å². The highest BCUT2D eigenvalue weighted by Gasteiger charge is 2.08. The van der Waals surface area contributed by atoms with Crippen molar-refractivity contribution in [2.45, 2.75) is 27.2 Å². The highest BCUT2D eigenvalue weighted by molar-refractivity contribution is 5.49. The van der Waals surface area contributed by atoms with Crippen LogP contribution in [0.15, 0.2) is 36.4 Å². The van der Waals surface area contributed by atoms with Crippen LogP contribution in [0.2, 0.25) is 0 Å². The number of hydrogen-bond acceptors (Lipinski definition) is 0. The summed E-state index contributed by atoms with van der Waals surface area (Å²) in [7, 11) is 0. The zero-order valence-electron chi connectivity index (χ0n) is 8.75. The highest BCUT2D eigenvalue weighted by atomic mass is 14.1. The molecule has 0 heterocycles. The lowest BCUT2D eigenvalue weighted by atomic mass is 9.89. The third-order valence-corrected chi connectivity index (χ3v) is 2.44. The molecule has 0 aliphatic carbocycles. The second kappa shape index (κ2) is 4.27. The number of rotatable bonds is 3. The predicted octanol–water partition coefficient (Wildman–Crippen LogP) is 4.14. The van der Waals surface area contributed by atoms with E-state index in [2.05, 4.69) is 57.2 Å². The van der Waals surface area contributed by atoms with E-state index in [9.17, 15) is 0 Å². The fourth-order valence-corrected chi connectivity index (χ4v) is 1.00. The molecule has 0 nitrogen and oxygen atoms in total. The Morgan fingerprint density at radius 2 is 1.77 bits per heavy atom. The summed E-state index contributed by atoms with van der Waals surface area (Å²) in [5, 5.41) is 0. The van der Waals surface area contributed by atoms with Crippen LogP contribution in [0.5, 0.6) is 0 Å². The molecule has 0 bridgehead atoms. The summed E-state index contributed by atoms with van der Waals surface area (Å²) in [5.41, 5.74) is 1.60. The molecule has 0 N–H and O–H groups in total. The summed E-state index contributed by atoms with van der Waals surface area (Å²) in [6.45, 7) is 6.73. The predicted molar refractivity (Wildman–Crippen MR) is 59.5 cm³/mol. The van der Waals surface area contributed by atoms with Gasteiger partial charge in [-0.05, 0) is 17.4 Å². The zero-order chi connectivity index (χ0) is 9.73. The van der Waals surface area contributed by atoms with E-state index >= 15 is 0 Å². The average molecular weight is 174 g/mol. The van der Waals surface area contributed by atoms with Gasteiger partial charge in [0.2, 0.25) is 0 Å². The molecule has 0 spiro atoms. The van der Waals surface area contributed by atoms with Gasteiger partial charge in [-0.15, -0.1) is 0 Å². The van der Waals surface area contributed by atoms with Crippen LogP contribution < -0.4 is 0 Å². The summed E-state index contributed by atoms with van der Waals surface area (Å²) < 4.78 is 0. The maximum atomic E-state index is 2.28. The lowest BCUT2D eigenvalue weighted by molar-refractivity contribution is 0.464. The third kappa shape index (κ3) is 3.45. The molecule has 1 aromatic rings. The first-order chi connectivity index (χ1) is 6.14. The molecule has 0 saturated heterocycles. The molecule has 0 unspecified atom stereocenters. The Morgan fingerprint density at radius 3 is 2.31 bits per heavy atom. The minimum atomic E-state index is 0.315. The average Bonchev–Trinajstić information content (AvgIpc) is 2.17. The number of benzene rings is 1. The maximum Gasteiger partial charge on any atom is -0.0174 e. The van der Waals surface area contributed by atoms with Gasteiger partial charge in [0.05, 0.1) is 0 Å². The number of hydrogen-bond donors (Lipinski definition) is 0. The standard InChI is InChI=1S/C13H18/c1-4-13(2,3)11-10-12-8-6-5-7-9-12/h5-11H,4H2,1-3H3/b11-10+. The largest absolute Gasteiger partial charge is 0.0783 e. The SMILES string of the molecule is CCC(C)(C)/C=C/c1ccccc1. The Bertz CT molecular complexity index is 267. The topological polar surface area (TPSA) is 0 Å². The minimum absolute atomic E-state index is 0.315. The van der Waals surface area contributed by atoms with E-state index < -0.39 is 0 Å². The molecule has 0 amide bonds. The molecule has 0 fully saturated rings. The van der Waals surface area contributed by atoms with Gasteiger partial charge in [-0.1, -0.05) is 63.3 Å². The van der Waals surface area contributed by atoms with Gasteiger partial charge in [0.1, 0.15) is 0 Å². The van der Waals surface area contributed by atoms with Gasteiger partial charge in [0, 0.05) is 0 Å². The van der Waals surface area contributed by atoms with Crippen LogP contribution in [0.1, 0.15) is 32.8 Å². The van der Waals surface area contributed by atoms with Crippen molar-refractivity contribution < 1.29 is 0 Å². The lowest BCUT2D eigenvalue weighted by Crippen LogP contribution is -2.03. The van der Waals surface area contributed by atoms with Crippen molar-refractivity contribution >= 4 is 6.08 Å². The van der Waals surface area contributed by atoms with E-state index in [0.29, 0.717) is 5.41 Å². The van der Waals surface area contributed by atoms with E-state index in [1.807, 2.05) is 6.07 Å². The lowest BCUT2D eigenvalue weighted by Gasteiger charge is -2.16. The van der Waals surface area contributed by atoms with Gasteiger partial charge in [-0.2, -0.15) is 0 Å². The summed E-state index contributed by atoms with van der Waals surface area (Å²) >= 11 is 0. The molecule has 0 aliphatic heterocycles. The van der Waals surface area contributed by atoms with Crippen molar-refractivity contribution in [2.24, 2.45) is 5.41 Å². The molecule has 1 aromatic carbocycles. The quantitative estimate of drug-likeness (QED) is 0.646. The Balaban J connectivity index is 2.69. The molecule has 13 heavy (non-hydrogen) atoms. The number of allylic oxidation sites excluding steroid dienone is 1. The van der Waals surface area contributed by atoms with Crippen molar-refractivity contribution in [1.29, 1.82) is 0 Å². The second-order valence-electron chi connectivity index (χ2n) is 4.09. The molecule has 0 aliphatic rings. The maximum absolute atomic E-state index is 2.28. The molecule has 0 atom stereocenters. The van der Waals surface area contributed by atoms with E-state index in [4.69, 9.17) is 0 Å². The molecular formula is C13H18. The fraction of sp³-hybridized carbons (Fsp3) is 0.385. The first-order valence-electron chi connectivity index (χ1n) is 4.88. The Morgan fingerprint density at radius 1 is 1.15 bits per heavy atom. The first kappa shape index (κ1) is 10.0. The third-order valence-electron chi connectivity index (χ3n) is 2.44. The minimum Gasteiger partial charge on any atom is -0.0783 e. The van der Waals surface area contributed by atoms with Gasteiger partial charge in [-0.25, -0.2) is 0 Å². The summed E-state index contributed by atoms with van der Waals surface area (Å²) in [6, 6.07) is 10.4. The molecule has 0 aromatic heterocycles. The van der Waals surface area contributed by atoms with Gasteiger partial charge < -0.3 is 0 Å². The van der Waals surface area contributed by atoms with Crippen LogP contribution in [0.4, 0.5) is 0 Å². The van der Waals surface area contributed by atoms with Crippen molar-refractivity contribution in [3.63, 3.8) is 0 Å². The smallest absolute Gasteiger partial charge is 0.0174 e. The molecule has 1 rings (SSSR count). The Kier molecular flexibility index (Phi) is 3.30. The van der Waals surface area contributed by atoms with Crippen LogP contribution >= 0.6 is 0 Å². The van der Waals surface area contributed by atoms with E-state index in [1.54, 1.807) is 0 Å². The van der Waals surface area contributed by atoms with Crippen molar-refractivity contribution in [2.75, 3.05) is 0 Å². The van der Waals surface area contributed by atoms with Gasteiger partial charge in [0.15, 0.2) is 0 Å². The second-order valence-corrected chi connectivity index (χ2v) is 4.09. The zero-order valence-corrected chi connectivity index (χ0v) is 8.75. The van der Waals surface area contributed by atoms with Crippen LogP contribution in [0.25, 0.3) is 6.08 Å². The first-order valence-corrected chi connectivity index (χ1v) is 4.88. The van der Waals surface area contributed by atoms with Crippen LogP contribution in [-0.4, -0.2) is 0 Å². The Labute approximate surface area is 81.3 Å². The summed E-state index contributed by atoms with van der Waals surface area (Å²) in [6.07, 6.45) is 5.65. The highest BCUT2D eigenvalue weighted by Crippen LogP contribution is 2.22. The summed E-state index contributed by atoms with van der Waals surface area (Å²) in [5.74, 6) is 0. The fourth-order valence-electron chi connectivity index (χ4n) is 1.00. The summed E-state index contributed by atoms with van der Waals surface area (Å²) in [4.78, 5) is 0. The van der Waals surface area contributed by atoms with Gasteiger partial charge in [0.25, 0.3) is 0 Å². The van der Waals surface area contributed by atoms with E-state index in [-0.39, 0.29) is 0 Å². The molecule has 0 radical (unpaired) electrons. The molecule has 70 valence electrons. The molecular weight excluding hydrogens is 156 g/mol. The van der Waals surface area contributed by atoms with Crippen LogP contribution in [0.3, 0.4) is 0 Å². The van der Waals surface area contributed by atoms with Crippen molar-refractivity contribution in [1.82, 2.24) is 0 Å². The monoisotopic (exact) mass is 174 g/mol. The molecule has 0 saturated carbocycles.